The Hall–Kier alpha value is -3.66. The summed E-state index contributed by atoms with van der Waals surface area (Å²) in [7, 11) is 3.89. The molecule has 0 unspecified atom stereocenters. The van der Waals surface area contributed by atoms with Gasteiger partial charge in [0, 0.05) is 43.6 Å². The minimum Gasteiger partial charge on any atom is -0.454 e. The van der Waals surface area contributed by atoms with Crippen LogP contribution in [0.15, 0.2) is 42.5 Å². The molecular formula is C23H23N5O4S. The Morgan fingerprint density at radius 1 is 1.12 bits per heavy atom. The number of rotatable bonds is 5. The average Bonchev–Trinajstić information content (AvgIpc) is 3.58. The van der Waals surface area contributed by atoms with Crippen LogP contribution < -0.4 is 19.7 Å². The van der Waals surface area contributed by atoms with E-state index in [0.717, 1.165) is 18.5 Å². The minimum atomic E-state index is -0.354. The number of carbonyl (C=O) groups is 2. The zero-order valence-electron chi connectivity index (χ0n) is 18.3. The Labute approximate surface area is 194 Å². The van der Waals surface area contributed by atoms with Crippen molar-refractivity contribution in [2.75, 3.05) is 37.6 Å². The fourth-order valence-corrected chi connectivity index (χ4v) is 4.86. The van der Waals surface area contributed by atoms with Gasteiger partial charge in [-0.15, -0.1) is 10.2 Å². The van der Waals surface area contributed by atoms with Gasteiger partial charge >= 0.3 is 0 Å². The summed E-state index contributed by atoms with van der Waals surface area (Å²) < 4.78 is 10.6. The van der Waals surface area contributed by atoms with E-state index in [4.69, 9.17) is 9.47 Å². The maximum Gasteiger partial charge on any atom is 0.286 e. The molecule has 1 atom stereocenters. The SMILES string of the molecule is CN(C)c1cccc(C(=O)N2CCC[C@@H]2c2nnc(C(=O)Nc3ccc4c(c3)OCO4)s2)c1. The van der Waals surface area contributed by atoms with E-state index < -0.39 is 0 Å². The van der Waals surface area contributed by atoms with Gasteiger partial charge in [-0.3, -0.25) is 9.59 Å². The minimum absolute atomic E-state index is 0.0391. The van der Waals surface area contributed by atoms with Gasteiger partial charge in [-0.2, -0.15) is 0 Å². The molecule has 1 aromatic heterocycles. The molecule has 0 radical (unpaired) electrons. The number of nitrogens with one attached hydrogen (secondary N) is 1. The normalized spacial score (nSPS) is 16.7. The molecule has 0 spiro atoms. The van der Waals surface area contributed by atoms with Gasteiger partial charge in [0.1, 0.15) is 5.01 Å². The summed E-state index contributed by atoms with van der Waals surface area (Å²) in [6.45, 7) is 0.816. The van der Waals surface area contributed by atoms with Crippen molar-refractivity contribution in [2.24, 2.45) is 0 Å². The van der Waals surface area contributed by atoms with Gasteiger partial charge in [0.05, 0.1) is 6.04 Å². The molecular weight excluding hydrogens is 442 g/mol. The van der Waals surface area contributed by atoms with E-state index in [1.807, 2.05) is 48.2 Å². The van der Waals surface area contributed by atoms with Crippen molar-refractivity contribution >= 4 is 34.5 Å². The standard InChI is InChI=1S/C23H23N5O4S/c1-27(2)16-6-3-5-14(11-16)23(30)28-10-4-7-17(28)21-25-26-22(33-21)20(29)24-15-8-9-18-19(12-15)32-13-31-18/h3,5-6,8-9,11-12,17H,4,7,10,13H2,1-2H3,(H,24,29)/t17-/m1/s1. The van der Waals surface area contributed by atoms with Crippen LogP contribution in [0.4, 0.5) is 11.4 Å². The van der Waals surface area contributed by atoms with Crippen molar-refractivity contribution in [2.45, 2.75) is 18.9 Å². The Bertz CT molecular complexity index is 1210. The van der Waals surface area contributed by atoms with E-state index in [1.165, 1.54) is 11.3 Å². The summed E-state index contributed by atoms with van der Waals surface area (Å²) in [5.41, 5.74) is 2.19. The molecule has 2 aliphatic heterocycles. The van der Waals surface area contributed by atoms with E-state index in [-0.39, 0.29) is 29.7 Å². The molecule has 170 valence electrons. The van der Waals surface area contributed by atoms with Crippen LogP contribution in [-0.4, -0.2) is 54.3 Å². The summed E-state index contributed by atoms with van der Waals surface area (Å²) in [5, 5.41) is 12.1. The number of likely N-dealkylation sites (tertiary alicyclic amines) is 1. The lowest BCUT2D eigenvalue weighted by molar-refractivity contribution is 0.0735. The molecule has 9 nitrogen and oxygen atoms in total. The van der Waals surface area contributed by atoms with Crippen LogP contribution in [0.2, 0.25) is 0 Å². The smallest absolute Gasteiger partial charge is 0.286 e. The Morgan fingerprint density at radius 3 is 2.82 bits per heavy atom. The number of hydrogen-bond acceptors (Lipinski definition) is 8. The van der Waals surface area contributed by atoms with Gasteiger partial charge in [0.2, 0.25) is 11.8 Å². The van der Waals surface area contributed by atoms with E-state index in [1.54, 1.807) is 18.2 Å². The van der Waals surface area contributed by atoms with Gasteiger partial charge in [0.15, 0.2) is 11.5 Å². The second kappa shape index (κ2) is 8.70. The summed E-state index contributed by atoms with van der Waals surface area (Å²) in [6, 6.07) is 12.6. The second-order valence-electron chi connectivity index (χ2n) is 8.07. The van der Waals surface area contributed by atoms with Crippen molar-refractivity contribution in [3.05, 3.63) is 58.0 Å². The molecule has 2 amide bonds. The Morgan fingerprint density at radius 2 is 1.97 bits per heavy atom. The van der Waals surface area contributed by atoms with Gasteiger partial charge in [-0.05, 0) is 43.2 Å². The van der Waals surface area contributed by atoms with Crippen LogP contribution in [0.1, 0.15) is 44.1 Å². The summed E-state index contributed by atoms with van der Waals surface area (Å²) in [5.74, 6) is 0.840. The fraction of sp³-hybridized carbons (Fsp3) is 0.304. The topological polar surface area (TPSA) is 96.9 Å². The average molecular weight is 466 g/mol. The quantitative estimate of drug-likeness (QED) is 0.615. The lowest BCUT2D eigenvalue weighted by Gasteiger charge is -2.23. The predicted molar refractivity (Wildman–Crippen MR) is 124 cm³/mol. The van der Waals surface area contributed by atoms with Gasteiger partial charge in [0.25, 0.3) is 11.8 Å². The summed E-state index contributed by atoms with van der Waals surface area (Å²) in [6.07, 6.45) is 1.67. The van der Waals surface area contributed by atoms with E-state index >= 15 is 0 Å². The van der Waals surface area contributed by atoms with Crippen LogP contribution in [0.5, 0.6) is 11.5 Å². The molecule has 1 saturated heterocycles. The van der Waals surface area contributed by atoms with Crippen molar-refractivity contribution in [1.29, 1.82) is 0 Å². The molecule has 1 fully saturated rings. The molecule has 2 aromatic carbocycles. The first-order valence-electron chi connectivity index (χ1n) is 10.6. The Balaban J connectivity index is 1.31. The van der Waals surface area contributed by atoms with Crippen LogP contribution in [-0.2, 0) is 0 Å². The van der Waals surface area contributed by atoms with Crippen molar-refractivity contribution in [3.8, 4) is 11.5 Å². The van der Waals surface area contributed by atoms with Gasteiger partial charge in [-0.1, -0.05) is 17.4 Å². The maximum atomic E-state index is 13.2. The maximum absolute atomic E-state index is 13.2. The first-order chi connectivity index (χ1) is 16.0. The molecule has 33 heavy (non-hydrogen) atoms. The van der Waals surface area contributed by atoms with E-state index in [2.05, 4.69) is 15.5 Å². The second-order valence-corrected chi connectivity index (χ2v) is 9.08. The largest absolute Gasteiger partial charge is 0.454 e. The zero-order valence-corrected chi connectivity index (χ0v) is 19.1. The number of amides is 2. The number of anilines is 2. The van der Waals surface area contributed by atoms with Gasteiger partial charge in [-0.25, -0.2) is 0 Å². The molecule has 3 heterocycles. The highest BCUT2D eigenvalue weighted by molar-refractivity contribution is 7.13. The van der Waals surface area contributed by atoms with Crippen LogP contribution in [0.25, 0.3) is 0 Å². The van der Waals surface area contributed by atoms with Crippen LogP contribution >= 0.6 is 11.3 Å². The zero-order chi connectivity index (χ0) is 22.9. The molecule has 2 aliphatic rings. The number of fused-ring (bicyclic) bond motifs is 1. The molecule has 0 aliphatic carbocycles. The molecule has 3 aromatic rings. The molecule has 1 N–H and O–H groups in total. The first kappa shape index (κ1) is 21.2. The number of ether oxygens (including phenoxy) is 2. The lowest BCUT2D eigenvalue weighted by Crippen LogP contribution is -2.30. The number of hydrogen-bond donors (Lipinski definition) is 1. The van der Waals surface area contributed by atoms with Crippen molar-refractivity contribution in [1.82, 2.24) is 15.1 Å². The van der Waals surface area contributed by atoms with E-state index in [0.29, 0.717) is 34.3 Å². The number of nitrogens with zero attached hydrogens (tertiary/aromatic N) is 4. The molecule has 10 heteroatoms. The molecule has 0 saturated carbocycles. The van der Waals surface area contributed by atoms with Crippen molar-refractivity contribution in [3.63, 3.8) is 0 Å². The molecule has 5 rings (SSSR count). The van der Waals surface area contributed by atoms with Gasteiger partial charge < -0.3 is 24.6 Å². The highest BCUT2D eigenvalue weighted by Gasteiger charge is 2.34. The summed E-state index contributed by atoms with van der Waals surface area (Å²) >= 11 is 1.22. The lowest BCUT2D eigenvalue weighted by atomic mass is 10.1. The fourth-order valence-electron chi connectivity index (χ4n) is 3.97. The van der Waals surface area contributed by atoms with Crippen LogP contribution in [0, 0.1) is 0 Å². The third-order valence-corrected chi connectivity index (χ3v) is 6.70. The third-order valence-electron chi connectivity index (χ3n) is 5.67. The third kappa shape index (κ3) is 4.21. The number of carbonyl (C=O) groups excluding carboxylic acids is 2. The number of benzene rings is 2. The predicted octanol–water partition coefficient (Wildman–Crippen LogP) is 3.56. The monoisotopic (exact) mass is 465 g/mol. The summed E-state index contributed by atoms with van der Waals surface area (Å²) in [4.78, 5) is 29.8. The highest BCUT2D eigenvalue weighted by Crippen LogP contribution is 2.36. The highest BCUT2D eigenvalue weighted by atomic mass is 32.1. The molecule has 0 bridgehead atoms. The van der Waals surface area contributed by atoms with Crippen molar-refractivity contribution < 1.29 is 19.1 Å². The number of aromatic nitrogens is 2. The first-order valence-corrected chi connectivity index (χ1v) is 11.4. The Kier molecular flexibility index (Phi) is 5.59. The van der Waals surface area contributed by atoms with E-state index in [9.17, 15) is 9.59 Å². The van der Waals surface area contributed by atoms with Crippen LogP contribution in [0.3, 0.4) is 0 Å².